The van der Waals surface area contributed by atoms with Crippen molar-refractivity contribution in [1.29, 1.82) is 0 Å². The molecule has 2 rings (SSSR count). The zero-order valence-corrected chi connectivity index (χ0v) is 11.7. The van der Waals surface area contributed by atoms with Crippen LogP contribution in [0.3, 0.4) is 0 Å². The summed E-state index contributed by atoms with van der Waals surface area (Å²) in [7, 11) is 3.98. The first-order chi connectivity index (χ1) is 8.90. The number of aromatic nitrogens is 1. The third-order valence-corrected chi connectivity index (χ3v) is 3.17. The van der Waals surface area contributed by atoms with Gasteiger partial charge in [0.1, 0.15) is 11.6 Å². The van der Waals surface area contributed by atoms with E-state index in [-0.39, 0.29) is 0 Å². The van der Waals surface area contributed by atoms with Gasteiger partial charge in [0.15, 0.2) is 0 Å². The van der Waals surface area contributed by atoms with Crippen LogP contribution in [0.15, 0.2) is 24.3 Å². The van der Waals surface area contributed by atoms with Crippen molar-refractivity contribution in [3.63, 3.8) is 0 Å². The molecule has 0 aliphatic carbocycles. The molecule has 0 unspecified atom stereocenters. The van der Waals surface area contributed by atoms with E-state index in [1.54, 1.807) is 0 Å². The van der Waals surface area contributed by atoms with Gasteiger partial charge in [-0.05, 0) is 51.7 Å². The average molecular weight is 264 g/mol. The van der Waals surface area contributed by atoms with Crippen LogP contribution in [-0.2, 0) is 6.54 Å². The molecule has 0 aliphatic heterocycles. The van der Waals surface area contributed by atoms with E-state index in [9.17, 15) is 8.78 Å². The number of hydrogen-bond donors (Lipinski definition) is 0. The van der Waals surface area contributed by atoms with Crippen molar-refractivity contribution in [3.05, 3.63) is 52.9 Å². The molecule has 102 valence electrons. The number of nitrogens with zero attached hydrogens (tertiary/aromatic N) is 2. The molecule has 0 spiro atoms. The van der Waals surface area contributed by atoms with Gasteiger partial charge in [0.05, 0.1) is 5.69 Å². The highest BCUT2D eigenvalue weighted by molar-refractivity contribution is 5.42. The number of halogens is 2. The Morgan fingerprint density at radius 2 is 1.79 bits per heavy atom. The lowest BCUT2D eigenvalue weighted by molar-refractivity contribution is 0.401. The minimum atomic E-state index is -0.558. The van der Waals surface area contributed by atoms with Gasteiger partial charge in [0.25, 0.3) is 0 Å². The Bertz CT molecular complexity index is 600. The van der Waals surface area contributed by atoms with Crippen molar-refractivity contribution < 1.29 is 8.78 Å². The molecule has 1 heterocycles. The fourth-order valence-electron chi connectivity index (χ4n) is 2.36. The Balaban J connectivity index is 2.53. The van der Waals surface area contributed by atoms with Crippen molar-refractivity contribution >= 4 is 0 Å². The largest absolute Gasteiger partial charge is 0.315 e. The molecular weight excluding hydrogens is 246 g/mol. The normalized spacial score (nSPS) is 11.3. The van der Waals surface area contributed by atoms with Gasteiger partial charge in [-0.2, -0.15) is 0 Å². The molecule has 1 aromatic carbocycles. The molecule has 19 heavy (non-hydrogen) atoms. The second-order valence-corrected chi connectivity index (χ2v) is 5.07. The second kappa shape index (κ2) is 5.13. The number of hydrogen-bond acceptors (Lipinski definition) is 1. The first kappa shape index (κ1) is 13.7. The first-order valence-electron chi connectivity index (χ1n) is 6.18. The van der Waals surface area contributed by atoms with E-state index < -0.39 is 11.6 Å². The zero-order valence-electron chi connectivity index (χ0n) is 11.7. The molecule has 1 aromatic heterocycles. The molecule has 4 heteroatoms. The summed E-state index contributed by atoms with van der Waals surface area (Å²) in [6.45, 7) is 4.67. The van der Waals surface area contributed by atoms with Gasteiger partial charge in [-0.15, -0.1) is 0 Å². The third-order valence-electron chi connectivity index (χ3n) is 3.17. The summed E-state index contributed by atoms with van der Waals surface area (Å²) in [5.74, 6) is -1.10. The van der Waals surface area contributed by atoms with E-state index in [0.29, 0.717) is 5.69 Å². The van der Waals surface area contributed by atoms with E-state index in [0.717, 1.165) is 29.6 Å². The van der Waals surface area contributed by atoms with Crippen molar-refractivity contribution in [1.82, 2.24) is 9.47 Å². The predicted octanol–water partition coefficient (Wildman–Crippen LogP) is 3.43. The summed E-state index contributed by atoms with van der Waals surface area (Å²) < 4.78 is 28.7. The molecule has 0 fully saturated rings. The maximum Gasteiger partial charge on any atom is 0.150 e. The highest BCUT2D eigenvalue weighted by Crippen LogP contribution is 2.23. The Hall–Kier alpha value is -1.68. The van der Waals surface area contributed by atoms with E-state index in [1.165, 1.54) is 12.1 Å². The Morgan fingerprint density at radius 1 is 1.11 bits per heavy atom. The molecular formula is C15H18F2N2. The predicted molar refractivity (Wildman–Crippen MR) is 72.6 cm³/mol. The maximum atomic E-state index is 13.9. The average Bonchev–Trinajstić information content (AvgIpc) is 2.55. The van der Waals surface area contributed by atoms with Gasteiger partial charge < -0.3 is 9.47 Å². The Morgan fingerprint density at radius 3 is 2.37 bits per heavy atom. The number of benzene rings is 1. The smallest absolute Gasteiger partial charge is 0.150 e. The van der Waals surface area contributed by atoms with Crippen LogP contribution in [0.2, 0.25) is 0 Å². The van der Waals surface area contributed by atoms with Crippen molar-refractivity contribution in [2.24, 2.45) is 0 Å². The van der Waals surface area contributed by atoms with Crippen LogP contribution in [0.4, 0.5) is 8.78 Å². The fraction of sp³-hybridized carbons (Fsp3) is 0.333. The minimum Gasteiger partial charge on any atom is -0.315 e. The monoisotopic (exact) mass is 264 g/mol. The van der Waals surface area contributed by atoms with Gasteiger partial charge in [-0.25, -0.2) is 8.78 Å². The van der Waals surface area contributed by atoms with Crippen molar-refractivity contribution in [3.8, 4) is 5.69 Å². The van der Waals surface area contributed by atoms with Crippen LogP contribution >= 0.6 is 0 Å². The standard InChI is InChI=1S/C15H18F2N2/c1-10-7-12(9-18(3)4)11(2)19(10)15-6-5-13(16)8-14(15)17/h5-8H,9H2,1-4H3. The second-order valence-electron chi connectivity index (χ2n) is 5.07. The van der Waals surface area contributed by atoms with Crippen molar-refractivity contribution in [2.75, 3.05) is 14.1 Å². The topological polar surface area (TPSA) is 8.17 Å². The van der Waals surface area contributed by atoms with E-state index in [2.05, 4.69) is 4.90 Å². The van der Waals surface area contributed by atoms with Crippen LogP contribution in [0.25, 0.3) is 5.69 Å². The highest BCUT2D eigenvalue weighted by Gasteiger charge is 2.14. The molecule has 2 aromatic rings. The van der Waals surface area contributed by atoms with E-state index >= 15 is 0 Å². The summed E-state index contributed by atoms with van der Waals surface area (Å²) in [6.07, 6.45) is 0. The number of aryl methyl sites for hydroxylation is 1. The summed E-state index contributed by atoms with van der Waals surface area (Å²) in [4.78, 5) is 2.06. The van der Waals surface area contributed by atoms with E-state index in [4.69, 9.17) is 0 Å². The van der Waals surface area contributed by atoms with Gasteiger partial charge in [0, 0.05) is 24.0 Å². The molecule has 0 amide bonds. The quantitative estimate of drug-likeness (QED) is 0.824. The van der Waals surface area contributed by atoms with Crippen molar-refractivity contribution in [2.45, 2.75) is 20.4 Å². The summed E-state index contributed by atoms with van der Waals surface area (Å²) >= 11 is 0. The Labute approximate surface area is 112 Å². The summed E-state index contributed by atoms with van der Waals surface area (Å²) in [6, 6.07) is 5.71. The molecule has 0 saturated carbocycles. The lowest BCUT2D eigenvalue weighted by Crippen LogP contribution is -2.11. The Kier molecular flexibility index (Phi) is 3.71. The van der Waals surface area contributed by atoms with Crippen LogP contribution in [0.5, 0.6) is 0 Å². The van der Waals surface area contributed by atoms with E-state index in [1.807, 2.05) is 38.6 Å². The first-order valence-corrected chi connectivity index (χ1v) is 6.18. The van der Waals surface area contributed by atoms with Crippen LogP contribution in [-0.4, -0.2) is 23.6 Å². The molecule has 0 N–H and O–H groups in total. The van der Waals surface area contributed by atoms with Gasteiger partial charge in [0.2, 0.25) is 0 Å². The molecule has 0 saturated heterocycles. The molecule has 0 aliphatic rings. The summed E-state index contributed by atoms with van der Waals surface area (Å²) in [5, 5.41) is 0. The van der Waals surface area contributed by atoms with Gasteiger partial charge in [-0.1, -0.05) is 0 Å². The number of rotatable bonds is 3. The highest BCUT2D eigenvalue weighted by atomic mass is 19.1. The van der Waals surface area contributed by atoms with Crippen LogP contribution < -0.4 is 0 Å². The molecule has 0 atom stereocenters. The molecule has 0 bridgehead atoms. The fourth-order valence-corrected chi connectivity index (χ4v) is 2.36. The summed E-state index contributed by atoms with van der Waals surface area (Å²) in [5.41, 5.74) is 3.46. The van der Waals surface area contributed by atoms with Crippen LogP contribution in [0, 0.1) is 25.5 Å². The zero-order chi connectivity index (χ0) is 14.2. The third kappa shape index (κ3) is 2.68. The lowest BCUT2D eigenvalue weighted by Gasteiger charge is -2.12. The molecule has 0 radical (unpaired) electrons. The van der Waals surface area contributed by atoms with Crippen LogP contribution in [0.1, 0.15) is 17.0 Å². The van der Waals surface area contributed by atoms with Gasteiger partial charge in [-0.3, -0.25) is 0 Å². The SMILES string of the molecule is Cc1cc(CN(C)C)c(C)n1-c1ccc(F)cc1F. The maximum absolute atomic E-state index is 13.9. The molecule has 2 nitrogen and oxygen atoms in total. The minimum absolute atomic E-state index is 0.390. The van der Waals surface area contributed by atoms with Gasteiger partial charge >= 0.3 is 0 Å². The lowest BCUT2D eigenvalue weighted by atomic mass is 10.2.